The van der Waals surface area contributed by atoms with Crippen LogP contribution in [0.5, 0.6) is 0 Å². The zero-order valence-electron chi connectivity index (χ0n) is 18.0. The summed E-state index contributed by atoms with van der Waals surface area (Å²) >= 11 is 0. The minimum Gasteiger partial charge on any atom is -0.355 e. The van der Waals surface area contributed by atoms with Crippen molar-refractivity contribution >= 4 is 17.4 Å². The first-order valence-electron chi connectivity index (χ1n) is 11.3. The Morgan fingerprint density at radius 1 is 1.13 bits per heavy atom. The summed E-state index contributed by atoms with van der Waals surface area (Å²) in [5.74, 6) is 0.922. The minimum absolute atomic E-state index is 0.0371. The van der Waals surface area contributed by atoms with Crippen molar-refractivity contribution in [3.05, 3.63) is 48.4 Å². The van der Waals surface area contributed by atoms with E-state index >= 15 is 0 Å². The van der Waals surface area contributed by atoms with Crippen LogP contribution >= 0.6 is 0 Å². The maximum absolute atomic E-state index is 13.1. The maximum atomic E-state index is 13.1. The number of rotatable bonds is 6. The molecule has 1 saturated carbocycles. The number of hydrogen-bond acceptors (Lipinski definition) is 5. The van der Waals surface area contributed by atoms with E-state index in [1.807, 2.05) is 12.1 Å². The molecule has 1 unspecified atom stereocenters. The molecular formula is C24H33N5O. The van der Waals surface area contributed by atoms with Crippen molar-refractivity contribution in [1.29, 1.82) is 0 Å². The predicted molar refractivity (Wildman–Crippen MR) is 120 cm³/mol. The Morgan fingerprint density at radius 2 is 1.97 bits per heavy atom. The van der Waals surface area contributed by atoms with Crippen molar-refractivity contribution < 1.29 is 4.79 Å². The van der Waals surface area contributed by atoms with Crippen LogP contribution in [0, 0.1) is 5.92 Å². The largest absolute Gasteiger partial charge is 0.355 e. The number of piperidine rings is 1. The van der Waals surface area contributed by atoms with Crippen molar-refractivity contribution in [3.8, 4) is 0 Å². The molecule has 0 radical (unpaired) electrons. The van der Waals surface area contributed by atoms with Crippen molar-refractivity contribution in [3.63, 3.8) is 0 Å². The predicted octanol–water partition coefficient (Wildman–Crippen LogP) is 4.10. The van der Waals surface area contributed by atoms with Gasteiger partial charge in [0.15, 0.2) is 0 Å². The van der Waals surface area contributed by atoms with E-state index < -0.39 is 0 Å². The second kappa shape index (κ2) is 10.0. The molecule has 0 bridgehead atoms. The molecule has 1 atom stereocenters. The monoisotopic (exact) mass is 407 g/mol. The minimum atomic E-state index is -0.0371. The standard InChI is InChI=1S/C24H33N5O/c1-28(21-10-3-2-4-11-21)17-19-8-5-6-12-22(19)27-24(30)20-9-7-15-29(18-20)23-16-25-13-14-26-23/h5-6,8,12-14,16,20-21H,2-4,7,9-11,15,17-18H2,1H3,(H,27,30). The molecule has 2 aliphatic rings. The fourth-order valence-corrected chi connectivity index (χ4v) is 4.79. The van der Waals surface area contributed by atoms with Gasteiger partial charge in [-0.25, -0.2) is 4.98 Å². The van der Waals surface area contributed by atoms with Crippen LogP contribution in [0.25, 0.3) is 0 Å². The molecule has 1 amide bonds. The number of aromatic nitrogens is 2. The lowest BCUT2D eigenvalue weighted by Gasteiger charge is -2.33. The molecule has 6 nitrogen and oxygen atoms in total. The summed E-state index contributed by atoms with van der Waals surface area (Å²) in [6, 6.07) is 8.90. The van der Waals surface area contributed by atoms with E-state index in [4.69, 9.17) is 0 Å². The molecule has 1 aromatic heterocycles. The molecule has 1 N–H and O–H groups in total. The highest BCUT2D eigenvalue weighted by molar-refractivity contribution is 5.93. The highest BCUT2D eigenvalue weighted by Crippen LogP contribution is 2.26. The Morgan fingerprint density at radius 3 is 2.77 bits per heavy atom. The highest BCUT2D eigenvalue weighted by atomic mass is 16.1. The molecule has 1 aliphatic carbocycles. The Labute approximate surface area is 179 Å². The summed E-state index contributed by atoms with van der Waals surface area (Å²) in [6.07, 6.45) is 13.6. The first kappa shape index (κ1) is 20.8. The average Bonchev–Trinajstić information content (AvgIpc) is 2.81. The number of anilines is 2. The van der Waals surface area contributed by atoms with E-state index in [1.54, 1.807) is 18.6 Å². The number of carbonyl (C=O) groups excluding carboxylic acids is 1. The number of hydrogen-bond donors (Lipinski definition) is 1. The van der Waals surface area contributed by atoms with Crippen LogP contribution in [-0.4, -0.2) is 47.0 Å². The summed E-state index contributed by atoms with van der Waals surface area (Å²) < 4.78 is 0. The lowest BCUT2D eigenvalue weighted by Crippen LogP contribution is -2.41. The van der Waals surface area contributed by atoms with Crippen molar-refractivity contribution in [2.45, 2.75) is 57.5 Å². The van der Waals surface area contributed by atoms with E-state index in [2.05, 4.69) is 44.3 Å². The topological polar surface area (TPSA) is 61.4 Å². The third-order valence-electron chi connectivity index (χ3n) is 6.56. The Bertz CT molecular complexity index is 821. The van der Waals surface area contributed by atoms with Gasteiger partial charge in [-0.2, -0.15) is 0 Å². The Hall–Kier alpha value is -2.47. The summed E-state index contributed by atoms with van der Waals surface area (Å²) in [5.41, 5.74) is 2.14. The lowest BCUT2D eigenvalue weighted by molar-refractivity contribution is -0.120. The smallest absolute Gasteiger partial charge is 0.229 e. The van der Waals surface area contributed by atoms with E-state index in [-0.39, 0.29) is 11.8 Å². The molecule has 1 saturated heterocycles. The van der Waals surface area contributed by atoms with Gasteiger partial charge in [-0.05, 0) is 44.4 Å². The van der Waals surface area contributed by atoms with E-state index in [9.17, 15) is 4.79 Å². The number of nitrogens with zero attached hydrogens (tertiary/aromatic N) is 4. The molecule has 1 aromatic carbocycles. The van der Waals surface area contributed by atoms with Gasteiger partial charge in [-0.3, -0.25) is 14.7 Å². The van der Waals surface area contributed by atoms with Gasteiger partial charge in [-0.15, -0.1) is 0 Å². The van der Waals surface area contributed by atoms with Crippen LogP contribution in [0.15, 0.2) is 42.9 Å². The maximum Gasteiger partial charge on any atom is 0.229 e. The first-order chi connectivity index (χ1) is 14.7. The van der Waals surface area contributed by atoms with Crippen LogP contribution < -0.4 is 10.2 Å². The summed E-state index contributed by atoms with van der Waals surface area (Å²) in [4.78, 5) is 26.3. The van der Waals surface area contributed by atoms with Crippen LogP contribution in [-0.2, 0) is 11.3 Å². The molecule has 160 valence electrons. The molecule has 2 fully saturated rings. The number of nitrogens with one attached hydrogen (secondary N) is 1. The molecule has 0 spiro atoms. The van der Waals surface area contributed by atoms with Crippen LogP contribution in [0.3, 0.4) is 0 Å². The van der Waals surface area contributed by atoms with Gasteiger partial charge >= 0.3 is 0 Å². The molecule has 1 aliphatic heterocycles. The van der Waals surface area contributed by atoms with E-state index in [1.165, 1.54) is 37.7 Å². The van der Waals surface area contributed by atoms with Gasteiger partial charge in [0.25, 0.3) is 0 Å². The lowest BCUT2D eigenvalue weighted by atomic mass is 9.94. The second-order valence-corrected chi connectivity index (χ2v) is 8.70. The van der Waals surface area contributed by atoms with Gasteiger partial charge in [0.05, 0.1) is 12.1 Å². The third kappa shape index (κ3) is 5.17. The first-order valence-corrected chi connectivity index (χ1v) is 11.3. The zero-order valence-corrected chi connectivity index (χ0v) is 18.0. The van der Waals surface area contributed by atoms with Crippen LogP contribution in [0.2, 0.25) is 0 Å². The van der Waals surface area contributed by atoms with Gasteiger partial charge in [0.2, 0.25) is 5.91 Å². The number of para-hydroxylation sites is 1. The van der Waals surface area contributed by atoms with Gasteiger partial charge in [0, 0.05) is 43.8 Å². The van der Waals surface area contributed by atoms with E-state index in [0.29, 0.717) is 12.6 Å². The number of carbonyl (C=O) groups is 1. The SMILES string of the molecule is CN(Cc1ccccc1NC(=O)C1CCCN(c2cnccn2)C1)C1CCCCC1. The third-order valence-corrected chi connectivity index (χ3v) is 6.56. The average molecular weight is 408 g/mol. The fourth-order valence-electron chi connectivity index (χ4n) is 4.79. The van der Waals surface area contributed by atoms with Gasteiger partial charge in [-0.1, -0.05) is 37.5 Å². The zero-order chi connectivity index (χ0) is 20.8. The molecule has 2 heterocycles. The quantitative estimate of drug-likeness (QED) is 0.781. The summed E-state index contributed by atoms with van der Waals surface area (Å²) in [5, 5.41) is 3.23. The van der Waals surface area contributed by atoms with Crippen LogP contribution in [0.4, 0.5) is 11.5 Å². The molecule has 4 rings (SSSR count). The highest BCUT2D eigenvalue weighted by Gasteiger charge is 2.27. The van der Waals surface area contributed by atoms with Crippen molar-refractivity contribution in [2.75, 3.05) is 30.4 Å². The normalized spacial score (nSPS) is 20.3. The molecule has 6 heteroatoms. The summed E-state index contributed by atoms with van der Waals surface area (Å²) in [6.45, 7) is 2.48. The van der Waals surface area contributed by atoms with Gasteiger partial charge < -0.3 is 10.2 Å². The van der Waals surface area contributed by atoms with Gasteiger partial charge in [0.1, 0.15) is 5.82 Å². The second-order valence-electron chi connectivity index (χ2n) is 8.70. The Balaban J connectivity index is 1.39. The molecular weight excluding hydrogens is 374 g/mol. The van der Waals surface area contributed by atoms with E-state index in [0.717, 1.165) is 37.4 Å². The molecule has 2 aromatic rings. The van der Waals surface area contributed by atoms with Crippen LogP contribution in [0.1, 0.15) is 50.5 Å². The summed E-state index contributed by atoms with van der Waals surface area (Å²) in [7, 11) is 2.22. The fraction of sp³-hybridized carbons (Fsp3) is 0.542. The van der Waals surface area contributed by atoms with Crippen molar-refractivity contribution in [1.82, 2.24) is 14.9 Å². The Kier molecular flexibility index (Phi) is 6.95. The number of amides is 1. The molecule has 30 heavy (non-hydrogen) atoms. The number of benzene rings is 1. The van der Waals surface area contributed by atoms with Crippen molar-refractivity contribution in [2.24, 2.45) is 5.92 Å².